The Labute approximate surface area is 149 Å². The Hall–Kier alpha value is -3.32. The van der Waals surface area contributed by atoms with Crippen LogP contribution in [0.15, 0.2) is 53.3 Å². The zero-order chi connectivity index (χ0) is 18.5. The number of fused-ring (bicyclic) bond motifs is 1. The van der Waals surface area contributed by atoms with Crippen molar-refractivity contribution in [2.45, 2.75) is 13.0 Å². The fraction of sp³-hybridized carbons (Fsp3) is 0.158. The molecule has 7 heteroatoms. The van der Waals surface area contributed by atoms with Gasteiger partial charge in [0.1, 0.15) is 5.82 Å². The van der Waals surface area contributed by atoms with Crippen molar-refractivity contribution >= 4 is 28.7 Å². The quantitative estimate of drug-likeness (QED) is 0.544. The number of aromatic nitrogens is 2. The van der Waals surface area contributed by atoms with Gasteiger partial charge >= 0.3 is 0 Å². The van der Waals surface area contributed by atoms with E-state index in [2.05, 4.69) is 4.98 Å². The van der Waals surface area contributed by atoms with E-state index >= 15 is 0 Å². The van der Waals surface area contributed by atoms with Gasteiger partial charge in [-0.15, -0.1) is 0 Å². The van der Waals surface area contributed by atoms with E-state index < -0.39 is 4.92 Å². The van der Waals surface area contributed by atoms with Gasteiger partial charge in [-0.3, -0.25) is 19.5 Å². The summed E-state index contributed by atoms with van der Waals surface area (Å²) in [5, 5.41) is 20.5. The van der Waals surface area contributed by atoms with E-state index in [-0.39, 0.29) is 17.9 Å². The highest BCUT2D eigenvalue weighted by Crippen LogP contribution is 2.16. The van der Waals surface area contributed by atoms with E-state index in [1.807, 2.05) is 0 Å². The Kier molecular flexibility index (Phi) is 5.19. The van der Waals surface area contributed by atoms with E-state index in [0.29, 0.717) is 35.3 Å². The second-order valence-corrected chi connectivity index (χ2v) is 5.71. The van der Waals surface area contributed by atoms with E-state index in [9.17, 15) is 14.9 Å². The van der Waals surface area contributed by atoms with Gasteiger partial charge in [0.05, 0.1) is 15.8 Å². The molecule has 0 saturated heterocycles. The number of aliphatic hydroxyl groups excluding tert-OH is 1. The molecule has 0 aliphatic carbocycles. The molecule has 0 spiro atoms. The number of nitro benzene ring substituents is 1. The number of aliphatic hydroxyl groups is 1. The van der Waals surface area contributed by atoms with Crippen LogP contribution in [0, 0.1) is 10.1 Å². The van der Waals surface area contributed by atoms with Crippen LogP contribution in [-0.2, 0) is 6.54 Å². The van der Waals surface area contributed by atoms with Crippen LogP contribution in [0.4, 0.5) is 5.69 Å². The van der Waals surface area contributed by atoms with Crippen LogP contribution in [0.5, 0.6) is 0 Å². The molecule has 3 rings (SSSR count). The Bertz CT molecular complexity index is 1040. The molecule has 132 valence electrons. The van der Waals surface area contributed by atoms with Gasteiger partial charge in [0.2, 0.25) is 0 Å². The fourth-order valence-corrected chi connectivity index (χ4v) is 2.67. The van der Waals surface area contributed by atoms with Crippen LogP contribution < -0.4 is 5.56 Å². The predicted molar refractivity (Wildman–Crippen MR) is 99.7 cm³/mol. The zero-order valence-electron chi connectivity index (χ0n) is 13.9. The van der Waals surface area contributed by atoms with Crippen LogP contribution in [0.2, 0.25) is 0 Å². The first-order valence-corrected chi connectivity index (χ1v) is 8.13. The van der Waals surface area contributed by atoms with Gasteiger partial charge in [-0.25, -0.2) is 4.98 Å². The largest absolute Gasteiger partial charge is 0.396 e. The number of hydrogen-bond acceptors (Lipinski definition) is 5. The van der Waals surface area contributed by atoms with E-state index in [4.69, 9.17) is 5.11 Å². The summed E-state index contributed by atoms with van der Waals surface area (Å²) in [5.74, 6) is 0.439. The minimum atomic E-state index is -0.456. The molecule has 7 nitrogen and oxygen atoms in total. The lowest BCUT2D eigenvalue weighted by Gasteiger charge is -2.10. The molecule has 0 fully saturated rings. The molecule has 2 aromatic carbocycles. The summed E-state index contributed by atoms with van der Waals surface area (Å²) in [6.07, 6.45) is 3.76. The minimum absolute atomic E-state index is 0.00343. The van der Waals surface area contributed by atoms with Gasteiger partial charge < -0.3 is 5.11 Å². The highest BCUT2D eigenvalue weighted by molar-refractivity contribution is 5.79. The van der Waals surface area contributed by atoms with E-state index in [1.54, 1.807) is 48.6 Å². The Morgan fingerprint density at radius 3 is 2.73 bits per heavy atom. The first kappa shape index (κ1) is 17.5. The fourth-order valence-electron chi connectivity index (χ4n) is 2.67. The highest BCUT2D eigenvalue weighted by Gasteiger charge is 2.09. The van der Waals surface area contributed by atoms with Crippen molar-refractivity contribution in [1.29, 1.82) is 0 Å². The molecule has 0 amide bonds. The van der Waals surface area contributed by atoms with Crippen LogP contribution in [0.3, 0.4) is 0 Å². The van der Waals surface area contributed by atoms with Crippen LogP contribution in [-0.4, -0.2) is 26.2 Å². The van der Waals surface area contributed by atoms with Gasteiger partial charge in [-0.2, -0.15) is 0 Å². The van der Waals surface area contributed by atoms with Gasteiger partial charge in [0.25, 0.3) is 11.2 Å². The normalized spacial score (nSPS) is 11.3. The standard InChI is InChI=1S/C19H17N3O4/c23-12-4-11-21-18(20-17-8-2-1-7-16(17)19(21)24)10-9-14-5-3-6-15(13-14)22(25)26/h1-3,5-10,13,23H,4,11-12H2/b10-9+. The molecule has 3 aromatic rings. The molecule has 0 unspecified atom stereocenters. The van der Waals surface area contributed by atoms with E-state index in [0.717, 1.165) is 0 Å². The average molecular weight is 351 g/mol. The number of rotatable bonds is 6. The van der Waals surface area contributed by atoms with Gasteiger partial charge in [-0.1, -0.05) is 30.3 Å². The van der Waals surface area contributed by atoms with Crippen LogP contribution in [0.25, 0.3) is 23.1 Å². The summed E-state index contributed by atoms with van der Waals surface area (Å²) < 4.78 is 1.51. The molecule has 26 heavy (non-hydrogen) atoms. The first-order valence-electron chi connectivity index (χ1n) is 8.13. The molecule has 1 aromatic heterocycles. The Morgan fingerprint density at radius 2 is 1.96 bits per heavy atom. The number of benzene rings is 2. The minimum Gasteiger partial charge on any atom is -0.396 e. The Morgan fingerprint density at radius 1 is 1.15 bits per heavy atom. The van der Waals surface area contributed by atoms with Crippen molar-refractivity contribution in [2.24, 2.45) is 0 Å². The predicted octanol–water partition coefficient (Wildman–Crippen LogP) is 2.86. The lowest BCUT2D eigenvalue weighted by Crippen LogP contribution is -2.24. The summed E-state index contributed by atoms with van der Waals surface area (Å²) in [7, 11) is 0. The lowest BCUT2D eigenvalue weighted by molar-refractivity contribution is -0.384. The third kappa shape index (κ3) is 3.68. The van der Waals surface area contributed by atoms with Crippen LogP contribution in [0.1, 0.15) is 17.8 Å². The number of nitrogens with zero attached hydrogens (tertiary/aromatic N) is 3. The van der Waals surface area contributed by atoms with Crippen LogP contribution >= 0.6 is 0 Å². The summed E-state index contributed by atoms with van der Waals surface area (Å²) in [6.45, 7) is 0.301. The second-order valence-electron chi connectivity index (χ2n) is 5.71. The Balaban J connectivity index is 2.06. The lowest BCUT2D eigenvalue weighted by atomic mass is 10.2. The third-order valence-electron chi connectivity index (χ3n) is 3.94. The summed E-state index contributed by atoms with van der Waals surface area (Å²) in [4.78, 5) is 27.7. The molecule has 0 radical (unpaired) electrons. The number of para-hydroxylation sites is 1. The molecule has 0 atom stereocenters. The maximum Gasteiger partial charge on any atom is 0.270 e. The molecular formula is C19H17N3O4. The van der Waals surface area contributed by atoms with Crippen molar-refractivity contribution in [3.63, 3.8) is 0 Å². The average Bonchev–Trinajstić information content (AvgIpc) is 2.66. The zero-order valence-corrected chi connectivity index (χ0v) is 13.9. The smallest absolute Gasteiger partial charge is 0.270 e. The molecule has 1 heterocycles. The number of hydrogen-bond donors (Lipinski definition) is 1. The molecule has 0 aliphatic rings. The number of nitro groups is 1. The van der Waals surface area contributed by atoms with Crippen molar-refractivity contribution in [1.82, 2.24) is 9.55 Å². The van der Waals surface area contributed by atoms with Crippen molar-refractivity contribution in [2.75, 3.05) is 6.61 Å². The summed E-state index contributed by atoms with van der Waals surface area (Å²) in [6, 6.07) is 13.3. The van der Waals surface area contributed by atoms with Gasteiger partial charge in [0.15, 0.2) is 0 Å². The molecular weight excluding hydrogens is 334 g/mol. The van der Waals surface area contributed by atoms with Gasteiger partial charge in [0, 0.05) is 25.3 Å². The highest BCUT2D eigenvalue weighted by atomic mass is 16.6. The van der Waals surface area contributed by atoms with Crippen molar-refractivity contribution in [3.05, 3.63) is 80.4 Å². The summed E-state index contributed by atoms with van der Waals surface area (Å²) >= 11 is 0. The van der Waals surface area contributed by atoms with Crippen molar-refractivity contribution in [3.8, 4) is 0 Å². The SMILES string of the molecule is O=c1c2ccccc2nc(/C=C/c2cccc([N+](=O)[O-])c2)n1CCCO. The maximum absolute atomic E-state index is 12.7. The van der Waals surface area contributed by atoms with Gasteiger partial charge in [-0.05, 0) is 30.2 Å². The van der Waals surface area contributed by atoms with E-state index in [1.165, 1.54) is 16.7 Å². The monoisotopic (exact) mass is 351 g/mol. The second kappa shape index (κ2) is 7.71. The topological polar surface area (TPSA) is 98.3 Å². The molecule has 1 N–H and O–H groups in total. The molecule has 0 saturated carbocycles. The molecule has 0 bridgehead atoms. The third-order valence-corrected chi connectivity index (χ3v) is 3.94. The summed E-state index contributed by atoms with van der Waals surface area (Å²) in [5.41, 5.74) is 1.03. The van der Waals surface area contributed by atoms with Crippen molar-refractivity contribution < 1.29 is 10.0 Å². The molecule has 0 aliphatic heterocycles. The first-order chi connectivity index (χ1) is 12.6. The maximum atomic E-state index is 12.7. The number of non-ortho nitro benzene ring substituents is 1.